The lowest BCUT2D eigenvalue weighted by atomic mass is 9.97. The van der Waals surface area contributed by atoms with Crippen molar-refractivity contribution in [3.63, 3.8) is 0 Å². The minimum Gasteiger partial charge on any atom is -0.352 e. The van der Waals surface area contributed by atoms with E-state index in [1.165, 1.54) is 39.2 Å². The first kappa shape index (κ1) is 21.5. The van der Waals surface area contributed by atoms with Crippen LogP contribution in [0.2, 0.25) is 0 Å². The molecule has 2 heterocycles. The molecule has 1 amide bonds. The van der Waals surface area contributed by atoms with Gasteiger partial charge in [-0.25, -0.2) is 9.67 Å². The number of rotatable bonds is 5. The molecule has 3 aromatic rings. The molecule has 0 fully saturated rings. The third-order valence-electron chi connectivity index (χ3n) is 5.05. The summed E-state index contributed by atoms with van der Waals surface area (Å²) >= 11 is 0. The van der Waals surface area contributed by atoms with Crippen molar-refractivity contribution in [3.05, 3.63) is 75.7 Å². The Balaban J connectivity index is 1.69. The minimum atomic E-state index is -4.45. The summed E-state index contributed by atoms with van der Waals surface area (Å²) in [4.78, 5) is 16.4. The Morgan fingerprint density at radius 1 is 1.07 bits per heavy atom. The first-order valence-electron chi connectivity index (χ1n) is 9.51. The van der Waals surface area contributed by atoms with Crippen LogP contribution in [-0.4, -0.2) is 27.2 Å². The molecule has 1 N–H and O–H groups in total. The molecule has 2 aromatic heterocycles. The van der Waals surface area contributed by atoms with Gasteiger partial charge in [0.25, 0.3) is 5.91 Å². The second-order valence-electron chi connectivity index (χ2n) is 7.34. The van der Waals surface area contributed by atoms with E-state index in [1.54, 1.807) is 6.92 Å². The molecule has 3 rings (SSSR count). The molecule has 0 aliphatic carbocycles. The van der Waals surface area contributed by atoms with E-state index in [9.17, 15) is 18.0 Å². The van der Waals surface area contributed by atoms with E-state index in [0.29, 0.717) is 24.2 Å². The zero-order chi connectivity index (χ0) is 22.1. The van der Waals surface area contributed by atoms with Gasteiger partial charge in [-0.1, -0.05) is 17.7 Å². The predicted molar refractivity (Wildman–Crippen MR) is 108 cm³/mol. The van der Waals surface area contributed by atoms with E-state index in [0.717, 1.165) is 12.3 Å². The van der Waals surface area contributed by atoms with E-state index in [4.69, 9.17) is 0 Å². The van der Waals surface area contributed by atoms with Crippen LogP contribution in [0.5, 0.6) is 0 Å². The van der Waals surface area contributed by atoms with Crippen LogP contribution in [-0.2, 0) is 12.6 Å². The fraction of sp³-hybridized carbons (Fsp3) is 0.318. The lowest BCUT2D eigenvalue weighted by molar-refractivity contribution is -0.137. The highest BCUT2D eigenvalue weighted by Gasteiger charge is 2.30. The molecule has 0 spiro atoms. The Morgan fingerprint density at radius 2 is 1.73 bits per heavy atom. The highest BCUT2D eigenvalue weighted by Crippen LogP contribution is 2.28. The average Bonchev–Trinajstić information content (AvgIpc) is 3.04. The number of carbonyl (C=O) groups is 1. The van der Waals surface area contributed by atoms with Crippen LogP contribution in [0.25, 0.3) is 5.82 Å². The number of benzene rings is 1. The zero-order valence-corrected chi connectivity index (χ0v) is 17.3. The summed E-state index contributed by atoms with van der Waals surface area (Å²) in [6, 6.07) is 6.41. The number of halogens is 3. The number of alkyl halides is 3. The predicted octanol–water partition coefficient (Wildman–Crippen LogP) is 4.49. The Kier molecular flexibility index (Phi) is 5.96. The van der Waals surface area contributed by atoms with Crippen molar-refractivity contribution in [2.75, 3.05) is 6.54 Å². The molecule has 0 unspecified atom stereocenters. The van der Waals surface area contributed by atoms with Crippen LogP contribution in [0, 0.1) is 27.7 Å². The van der Waals surface area contributed by atoms with E-state index in [-0.39, 0.29) is 11.7 Å². The van der Waals surface area contributed by atoms with Crippen LogP contribution in [0.1, 0.15) is 43.9 Å². The summed E-state index contributed by atoms with van der Waals surface area (Å²) in [7, 11) is 0. The van der Waals surface area contributed by atoms with Crippen molar-refractivity contribution in [3.8, 4) is 5.82 Å². The molecule has 30 heavy (non-hydrogen) atoms. The van der Waals surface area contributed by atoms with Crippen molar-refractivity contribution in [1.29, 1.82) is 0 Å². The summed E-state index contributed by atoms with van der Waals surface area (Å²) in [6.45, 7) is 8.31. The summed E-state index contributed by atoms with van der Waals surface area (Å²) < 4.78 is 39.5. The van der Waals surface area contributed by atoms with Gasteiger partial charge in [-0.2, -0.15) is 18.3 Å². The van der Waals surface area contributed by atoms with Crippen molar-refractivity contribution >= 4 is 5.91 Å². The number of amides is 1. The summed E-state index contributed by atoms with van der Waals surface area (Å²) in [5, 5.41) is 7.00. The first-order valence-corrected chi connectivity index (χ1v) is 9.51. The van der Waals surface area contributed by atoms with Gasteiger partial charge in [0.05, 0.1) is 23.0 Å². The summed E-state index contributed by atoms with van der Waals surface area (Å²) in [6.07, 6.45) is -1.60. The quantitative estimate of drug-likeness (QED) is 0.667. The third kappa shape index (κ3) is 4.53. The van der Waals surface area contributed by atoms with Crippen LogP contribution in [0.15, 0.2) is 36.7 Å². The summed E-state index contributed by atoms with van der Waals surface area (Å²) in [5.74, 6) is -0.0708. The molecule has 5 nitrogen and oxygen atoms in total. The monoisotopic (exact) mass is 416 g/mol. The number of aryl methyl sites for hydroxylation is 3. The highest BCUT2D eigenvalue weighted by atomic mass is 19.4. The molecule has 158 valence electrons. The average molecular weight is 416 g/mol. The van der Waals surface area contributed by atoms with E-state index in [2.05, 4.69) is 48.3 Å². The lowest BCUT2D eigenvalue weighted by Gasteiger charge is -2.12. The topological polar surface area (TPSA) is 59.8 Å². The SMILES string of the molecule is Cc1cc(C)c(CCNC(=O)c2cnn(-c3ccc(C(F)(F)F)cn3)c2C)c(C)c1. The second-order valence-corrected chi connectivity index (χ2v) is 7.34. The lowest BCUT2D eigenvalue weighted by Crippen LogP contribution is -2.26. The fourth-order valence-corrected chi connectivity index (χ4v) is 3.54. The normalized spacial score (nSPS) is 11.6. The van der Waals surface area contributed by atoms with Gasteiger partial charge in [0.15, 0.2) is 5.82 Å². The fourth-order valence-electron chi connectivity index (χ4n) is 3.54. The Hall–Kier alpha value is -3.16. The van der Waals surface area contributed by atoms with Crippen molar-refractivity contribution in [1.82, 2.24) is 20.1 Å². The van der Waals surface area contributed by atoms with Gasteiger partial charge in [-0.15, -0.1) is 0 Å². The number of hydrogen-bond donors (Lipinski definition) is 1. The molecule has 0 bridgehead atoms. The number of nitrogens with zero attached hydrogens (tertiary/aromatic N) is 3. The van der Waals surface area contributed by atoms with Gasteiger partial charge >= 0.3 is 6.18 Å². The minimum absolute atomic E-state index is 0.213. The molecule has 0 saturated carbocycles. The molecule has 8 heteroatoms. The van der Waals surface area contributed by atoms with Crippen molar-refractivity contribution in [2.24, 2.45) is 0 Å². The molecular formula is C22H23F3N4O. The molecule has 0 radical (unpaired) electrons. The smallest absolute Gasteiger partial charge is 0.352 e. The van der Waals surface area contributed by atoms with Gasteiger partial charge in [0.1, 0.15) is 0 Å². The van der Waals surface area contributed by atoms with E-state index >= 15 is 0 Å². The number of pyridine rings is 1. The number of aromatic nitrogens is 3. The first-order chi connectivity index (χ1) is 14.1. The number of nitrogens with one attached hydrogen (secondary N) is 1. The van der Waals surface area contributed by atoms with Crippen LogP contribution in [0.3, 0.4) is 0 Å². The zero-order valence-electron chi connectivity index (χ0n) is 17.3. The maximum absolute atomic E-state index is 12.7. The van der Waals surface area contributed by atoms with Crippen LogP contribution in [0.4, 0.5) is 13.2 Å². The van der Waals surface area contributed by atoms with Gasteiger partial charge in [-0.3, -0.25) is 4.79 Å². The Bertz CT molecular complexity index is 1050. The molecule has 0 aliphatic rings. The second kappa shape index (κ2) is 8.30. The van der Waals surface area contributed by atoms with Gasteiger partial charge in [-0.05, 0) is 62.9 Å². The molecule has 0 atom stereocenters. The Labute approximate surface area is 173 Å². The van der Waals surface area contributed by atoms with Gasteiger partial charge < -0.3 is 5.32 Å². The maximum atomic E-state index is 12.7. The molecule has 0 aliphatic heterocycles. The van der Waals surface area contributed by atoms with Crippen LogP contribution < -0.4 is 5.32 Å². The number of carbonyl (C=O) groups excluding carboxylic acids is 1. The van der Waals surface area contributed by atoms with E-state index < -0.39 is 11.7 Å². The molecule has 1 aromatic carbocycles. The molecular weight excluding hydrogens is 393 g/mol. The highest BCUT2D eigenvalue weighted by molar-refractivity contribution is 5.95. The van der Waals surface area contributed by atoms with Crippen LogP contribution >= 0.6 is 0 Å². The largest absolute Gasteiger partial charge is 0.417 e. The number of hydrogen-bond acceptors (Lipinski definition) is 3. The van der Waals surface area contributed by atoms with Crippen molar-refractivity contribution in [2.45, 2.75) is 40.3 Å². The third-order valence-corrected chi connectivity index (χ3v) is 5.05. The van der Waals surface area contributed by atoms with Crippen molar-refractivity contribution < 1.29 is 18.0 Å². The maximum Gasteiger partial charge on any atom is 0.417 e. The van der Waals surface area contributed by atoms with E-state index in [1.807, 2.05) is 0 Å². The van der Waals surface area contributed by atoms with Gasteiger partial charge in [0.2, 0.25) is 0 Å². The summed E-state index contributed by atoms with van der Waals surface area (Å²) in [5.41, 5.74) is 4.82. The molecule has 0 saturated heterocycles. The van der Waals surface area contributed by atoms with Gasteiger partial charge in [0, 0.05) is 12.7 Å². The standard InChI is InChI=1S/C22H23F3N4O/c1-13-9-14(2)18(15(3)10-13)7-8-26-21(30)19-12-28-29(16(19)4)20-6-5-17(11-27-20)22(23,24)25/h5-6,9-12H,7-8H2,1-4H3,(H,26,30). The Morgan fingerprint density at radius 3 is 2.30 bits per heavy atom.